The van der Waals surface area contributed by atoms with Crippen molar-refractivity contribution in [2.45, 2.75) is 44.7 Å². The third-order valence-corrected chi connectivity index (χ3v) is 7.70. The van der Waals surface area contributed by atoms with Gasteiger partial charge in [-0.25, -0.2) is 4.79 Å². The van der Waals surface area contributed by atoms with E-state index in [2.05, 4.69) is 94.9 Å². The number of nitrogens with one attached hydrogen (secondary N) is 2. The first-order valence-corrected chi connectivity index (χ1v) is 14.9. The highest BCUT2D eigenvalue weighted by Crippen LogP contribution is 2.31. The minimum absolute atomic E-state index is 0.00239. The average molecular weight is 633 g/mol. The second kappa shape index (κ2) is 14.1. The molecule has 0 spiro atoms. The van der Waals surface area contributed by atoms with Gasteiger partial charge in [-0.15, -0.1) is 0 Å². The lowest BCUT2D eigenvalue weighted by atomic mass is 9.92. The van der Waals surface area contributed by atoms with Crippen LogP contribution in [0.1, 0.15) is 47.7 Å². The van der Waals surface area contributed by atoms with E-state index in [1.807, 2.05) is 30.4 Å². The first-order valence-electron chi connectivity index (χ1n) is 14.9. The molecular weight excluding hydrogens is 597 g/mol. The second-order valence-corrected chi connectivity index (χ2v) is 11.6. The first-order chi connectivity index (χ1) is 22.0. The molecule has 1 unspecified atom stereocenters. The van der Waals surface area contributed by atoms with Crippen LogP contribution in [0.15, 0.2) is 78.4 Å². The summed E-state index contributed by atoms with van der Waals surface area (Å²) in [5, 5.41) is 18.9. The maximum Gasteiger partial charge on any atom is 0.490 e. The van der Waals surface area contributed by atoms with Crippen LogP contribution in [0.2, 0.25) is 0 Å². The summed E-state index contributed by atoms with van der Waals surface area (Å²) in [7, 11) is 0. The Morgan fingerprint density at radius 2 is 1.72 bits per heavy atom. The third kappa shape index (κ3) is 8.29. The number of carbonyl (C=O) groups excluding carboxylic acids is 1. The number of halogens is 3. The minimum Gasteiger partial charge on any atom is -0.475 e. The molecule has 2 saturated heterocycles. The van der Waals surface area contributed by atoms with Crippen molar-refractivity contribution >= 4 is 41.0 Å². The highest BCUT2D eigenvalue weighted by Gasteiger charge is 2.38. The van der Waals surface area contributed by atoms with Crippen LogP contribution in [0.5, 0.6) is 0 Å². The van der Waals surface area contributed by atoms with E-state index in [0.717, 1.165) is 58.5 Å². The lowest BCUT2D eigenvalue weighted by Gasteiger charge is -2.39. The average Bonchev–Trinajstić information content (AvgIpc) is 3.58. The Bertz CT molecular complexity index is 1720. The molecule has 0 bridgehead atoms. The van der Waals surface area contributed by atoms with Gasteiger partial charge < -0.3 is 15.2 Å². The molecular formula is C35H35F3N4O4. The molecule has 1 aromatic heterocycles. The number of likely N-dealkylation sites (tertiary alicyclic amines) is 1. The van der Waals surface area contributed by atoms with Crippen LogP contribution in [-0.2, 0) is 20.9 Å². The smallest absolute Gasteiger partial charge is 0.475 e. The zero-order valence-corrected chi connectivity index (χ0v) is 25.4. The van der Waals surface area contributed by atoms with E-state index in [4.69, 9.17) is 14.6 Å². The monoisotopic (exact) mass is 632 g/mol. The Morgan fingerprint density at radius 3 is 2.37 bits per heavy atom. The zero-order chi connectivity index (χ0) is 32.8. The number of carbonyl (C=O) groups is 2. The van der Waals surface area contributed by atoms with Crippen LogP contribution < -0.4 is 5.32 Å². The number of H-pyrrole nitrogens is 1. The number of benzene rings is 3. The molecule has 240 valence electrons. The maximum atomic E-state index is 12.6. The van der Waals surface area contributed by atoms with Gasteiger partial charge in [-0.3, -0.25) is 14.8 Å². The van der Waals surface area contributed by atoms with Gasteiger partial charge in [-0.2, -0.15) is 18.3 Å². The number of carboxylic acid groups (broad SMARTS) is 1. The van der Waals surface area contributed by atoms with Crippen molar-refractivity contribution < 1.29 is 32.6 Å². The number of rotatable bonds is 8. The molecule has 1 atom stereocenters. The Balaban J connectivity index is 0.000000537. The van der Waals surface area contributed by atoms with Gasteiger partial charge in [0.15, 0.2) is 0 Å². The van der Waals surface area contributed by atoms with Gasteiger partial charge in [0.05, 0.1) is 23.4 Å². The molecule has 2 aliphatic rings. The SMILES string of the molecule is CC(C)OC1CN(Cc2ccc(/C=C/c3n[nH]c4cc(/C=C5/C(=O)NCC5c5ccccc5)ccc34)cc2)C1.O=C(O)C(F)(F)F. The molecule has 0 aliphatic carbocycles. The highest BCUT2D eigenvalue weighted by molar-refractivity contribution is 6.02. The fourth-order valence-electron chi connectivity index (χ4n) is 5.46. The Kier molecular flexibility index (Phi) is 10.0. The highest BCUT2D eigenvalue weighted by atomic mass is 19.4. The molecule has 8 nitrogen and oxygen atoms in total. The van der Waals surface area contributed by atoms with Crippen LogP contribution >= 0.6 is 0 Å². The molecule has 3 heterocycles. The Hall–Kier alpha value is -4.74. The number of nitrogens with zero attached hydrogens (tertiary/aromatic N) is 2. The summed E-state index contributed by atoms with van der Waals surface area (Å²) in [6, 6.07) is 25.1. The van der Waals surface area contributed by atoms with Gasteiger partial charge in [0.25, 0.3) is 0 Å². The van der Waals surface area contributed by atoms with E-state index in [9.17, 15) is 18.0 Å². The van der Waals surface area contributed by atoms with Crippen LogP contribution in [-0.4, -0.2) is 70.1 Å². The molecule has 2 fully saturated rings. The molecule has 0 saturated carbocycles. The largest absolute Gasteiger partial charge is 0.490 e. The summed E-state index contributed by atoms with van der Waals surface area (Å²) < 4.78 is 37.6. The van der Waals surface area contributed by atoms with E-state index in [-0.39, 0.29) is 11.8 Å². The molecule has 46 heavy (non-hydrogen) atoms. The summed E-state index contributed by atoms with van der Waals surface area (Å²) in [6.07, 6.45) is 1.72. The summed E-state index contributed by atoms with van der Waals surface area (Å²) in [5.74, 6) is -2.70. The summed E-state index contributed by atoms with van der Waals surface area (Å²) in [6.45, 7) is 7.78. The topological polar surface area (TPSA) is 108 Å². The van der Waals surface area contributed by atoms with Crippen LogP contribution in [0, 0.1) is 0 Å². The van der Waals surface area contributed by atoms with Crippen molar-refractivity contribution in [3.8, 4) is 0 Å². The van der Waals surface area contributed by atoms with E-state index in [1.54, 1.807) is 0 Å². The van der Waals surface area contributed by atoms with Gasteiger partial charge in [0.1, 0.15) is 0 Å². The van der Waals surface area contributed by atoms with Crippen LogP contribution in [0.3, 0.4) is 0 Å². The predicted molar refractivity (Wildman–Crippen MR) is 171 cm³/mol. The number of aliphatic carboxylic acids is 1. The van der Waals surface area contributed by atoms with Crippen molar-refractivity contribution in [3.05, 3.63) is 106 Å². The number of aromatic nitrogens is 2. The van der Waals surface area contributed by atoms with E-state index >= 15 is 0 Å². The van der Waals surface area contributed by atoms with Gasteiger partial charge in [0.2, 0.25) is 5.91 Å². The molecule has 11 heteroatoms. The lowest BCUT2D eigenvalue weighted by molar-refractivity contribution is -0.192. The molecule has 4 aromatic rings. The number of alkyl halides is 3. The van der Waals surface area contributed by atoms with Gasteiger partial charge >= 0.3 is 12.1 Å². The minimum atomic E-state index is -5.08. The molecule has 1 amide bonds. The van der Waals surface area contributed by atoms with E-state index in [1.165, 1.54) is 5.56 Å². The number of aromatic amines is 1. The zero-order valence-electron chi connectivity index (χ0n) is 25.4. The normalized spacial score (nSPS) is 18.2. The number of ether oxygens (including phenoxy) is 1. The summed E-state index contributed by atoms with van der Waals surface area (Å²) >= 11 is 0. The van der Waals surface area contributed by atoms with Gasteiger partial charge in [-0.1, -0.05) is 66.7 Å². The van der Waals surface area contributed by atoms with Gasteiger partial charge in [0, 0.05) is 43.1 Å². The van der Waals surface area contributed by atoms with Crippen molar-refractivity contribution in [3.63, 3.8) is 0 Å². The van der Waals surface area contributed by atoms with Crippen molar-refractivity contribution in [2.75, 3.05) is 19.6 Å². The predicted octanol–water partition coefficient (Wildman–Crippen LogP) is 6.27. The molecule has 0 radical (unpaired) electrons. The molecule has 3 aromatic carbocycles. The number of carboxylic acids is 1. The molecule has 2 aliphatic heterocycles. The van der Waals surface area contributed by atoms with Crippen LogP contribution in [0.25, 0.3) is 29.1 Å². The molecule has 3 N–H and O–H groups in total. The Labute approximate surface area is 264 Å². The van der Waals surface area contributed by atoms with E-state index < -0.39 is 12.1 Å². The Morgan fingerprint density at radius 1 is 1.04 bits per heavy atom. The van der Waals surface area contributed by atoms with E-state index in [0.29, 0.717) is 18.8 Å². The third-order valence-electron chi connectivity index (χ3n) is 7.70. The van der Waals surface area contributed by atoms with Gasteiger partial charge in [-0.05, 0) is 60.4 Å². The number of hydrogen-bond donors (Lipinski definition) is 3. The van der Waals surface area contributed by atoms with Crippen molar-refractivity contribution in [2.24, 2.45) is 0 Å². The van der Waals surface area contributed by atoms with Crippen LogP contribution in [0.4, 0.5) is 13.2 Å². The fourth-order valence-corrected chi connectivity index (χ4v) is 5.46. The number of amides is 1. The lowest BCUT2D eigenvalue weighted by Crippen LogP contribution is -2.52. The summed E-state index contributed by atoms with van der Waals surface area (Å²) in [5.41, 5.74) is 7.22. The summed E-state index contributed by atoms with van der Waals surface area (Å²) in [4.78, 5) is 23.9. The van der Waals surface area contributed by atoms with Crippen molar-refractivity contribution in [1.82, 2.24) is 20.4 Å². The van der Waals surface area contributed by atoms with Crippen molar-refractivity contribution in [1.29, 1.82) is 0 Å². The standard InChI is InChI=1S/C33H34N4O2.C2HF3O2/c1-22(2)39-27-20-37(21-27)19-24-10-8-23(9-11-24)13-15-31-28-14-12-25(17-32(28)36-35-31)16-29-30(18-34-33(29)38)26-6-4-3-5-7-26;3-2(4,5)1(6)7/h3-17,22,27,30H,18-21H2,1-2H3,(H,34,38)(H,35,36);(H,6,7)/b15-13+,29-16+;. The number of fused-ring (bicyclic) bond motifs is 1. The molecule has 6 rings (SSSR count). The quantitative estimate of drug-likeness (QED) is 0.198. The second-order valence-electron chi connectivity index (χ2n) is 11.6. The first kappa shape index (κ1) is 32.6. The fraction of sp³-hybridized carbons (Fsp3) is 0.286. The number of hydrogen-bond acceptors (Lipinski definition) is 5. The maximum absolute atomic E-state index is 12.6.